The minimum Gasteiger partial charge on any atom is -1.00 e. The molecule has 5 heteroatoms. The summed E-state index contributed by atoms with van der Waals surface area (Å²) in [5, 5.41) is 1.86. The van der Waals surface area contributed by atoms with Crippen molar-refractivity contribution in [2.24, 2.45) is 5.41 Å². The summed E-state index contributed by atoms with van der Waals surface area (Å²) >= 11 is 0. The van der Waals surface area contributed by atoms with Gasteiger partial charge >= 0.3 is 26.2 Å². The average molecular weight is 476 g/mol. The standard InChI is InChI=1S/C20H29Si.2ClH.H2N.Zr/c1-6-18(19(2,3)4)20(5,16-12-10-11-13-16)21-17-14-8-7-9-15-17;;;;/h7-12,14-15H,6,13,21H2,1-5H3;2*1H;1H2;/q-1;;;-1;+4/p-2. The first-order valence-electron chi connectivity index (χ1n) is 8.15. The molecule has 1 aliphatic rings. The largest absolute Gasteiger partial charge is 4.00 e. The van der Waals surface area contributed by atoms with Gasteiger partial charge in [-0.1, -0.05) is 93.9 Å². The molecule has 0 bridgehead atoms. The number of allylic oxidation sites excluding steroid dienone is 4. The molecule has 0 fully saturated rings. The van der Waals surface area contributed by atoms with E-state index in [9.17, 15) is 0 Å². The van der Waals surface area contributed by atoms with Crippen LogP contribution in [-0.2, 0) is 26.2 Å². The van der Waals surface area contributed by atoms with Gasteiger partial charge in [-0.05, 0) is 6.42 Å². The Hall–Kier alpha value is 0.340. The molecule has 0 spiro atoms. The molecule has 0 saturated carbocycles. The molecule has 2 N–H and O–H groups in total. The fourth-order valence-corrected chi connectivity index (χ4v) is 6.83. The average Bonchev–Trinajstić information content (AvgIpc) is 2.93. The predicted molar refractivity (Wildman–Crippen MR) is 103 cm³/mol. The number of benzene rings is 1. The third kappa shape index (κ3) is 7.46. The van der Waals surface area contributed by atoms with Gasteiger partial charge in [-0.25, -0.2) is 0 Å². The SMILES string of the molecule is CC[C-](C(C)(C)C)C(C)([SiH2]c1ccccc1)C1=CC=CC1.[Cl-].[Cl-].[NH2-].[Zr+4]. The second kappa shape index (κ2) is 12.7. The molecule has 138 valence electrons. The molecule has 0 heterocycles. The van der Waals surface area contributed by atoms with Crippen LogP contribution in [0.2, 0.25) is 5.04 Å². The second-order valence-electron chi connectivity index (χ2n) is 7.40. The fourth-order valence-electron chi connectivity index (χ4n) is 4.02. The normalized spacial score (nSPS) is 15.5. The third-order valence-corrected chi connectivity index (χ3v) is 7.27. The molecule has 1 aromatic rings. The van der Waals surface area contributed by atoms with Crippen molar-refractivity contribution in [3.05, 3.63) is 66.2 Å². The van der Waals surface area contributed by atoms with Crippen molar-refractivity contribution < 1.29 is 51.0 Å². The molecule has 1 nitrogen and oxygen atoms in total. The van der Waals surface area contributed by atoms with E-state index in [0.717, 1.165) is 6.42 Å². The molecule has 25 heavy (non-hydrogen) atoms. The van der Waals surface area contributed by atoms with E-state index in [1.807, 2.05) is 0 Å². The Kier molecular flexibility index (Phi) is 15.3. The van der Waals surface area contributed by atoms with E-state index in [-0.39, 0.29) is 67.6 Å². The van der Waals surface area contributed by atoms with Gasteiger partial charge in [0.15, 0.2) is 0 Å². The molecule has 1 aromatic carbocycles. The van der Waals surface area contributed by atoms with Crippen molar-refractivity contribution in [3.8, 4) is 0 Å². The Morgan fingerprint density at radius 2 is 1.60 bits per heavy atom. The van der Waals surface area contributed by atoms with Crippen LogP contribution < -0.4 is 30.0 Å². The minimum atomic E-state index is -0.407. The predicted octanol–water partition coefficient (Wildman–Crippen LogP) is -0.701. The molecule has 1 unspecified atom stereocenters. The van der Waals surface area contributed by atoms with E-state index >= 15 is 0 Å². The van der Waals surface area contributed by atoms with Crippen LogP contribution in [0.15, 0.2) is 54.1 Å². The molecule has 0 aromatic heterocycles. The number of halogens is 2. The topological polar surface area (TPSA) is 33.5 Å². The number of hydrogen-bond acceptors (Lipinski definition) is 0. The summed E-state index contributed by atoms with van der Waals surface area (Å²) in [7, 11) is -0.407. The fraction of sp³-hybridized carbons (Fsp3) is 0.450. The molecule has 0 radical (unpaired) electrons. The van der Waals surface area contributed by atoms with Crippen molar-refractivity contribution in [3.63, 3.8) is 0 Å². The van der Waals surface area contributed by atoms with Crippen LogP contribution in [0.5, 0.6) is 0 Å². The summed E-state index contributed by atoms with van der Waals surface area (Å²) in [4.78, 5) is 0. The molecule has 2 rings (SSSR count). The van der Waals surface area contributed by atoms with Gasteiger partial charge in [0.1, 0.15) is 0 Å². The first kappa shape index (κ1) is 30.1. The van der Waals surface area contributed by atoms with Crippen molar-refractivity contribution in [2.75, 3.05) is 0 Å². The van der Waals surface area contributed by atoms with Crippen LogP contribution in [0.4, 0.5) is 0 Å². The van der Waals surface area contributed by atoms with E-state index < -0.39 is 9.52 Å². The van der Waals surface area contributed by atoms with Crippen LogP contribution in [0, 0.1) is 11.3 Å². The van der Waals surface area contributed by atoms with Gasteiger partial charge in [-0.2, -0.15) is 11.8 Å². The summed E-state index contributed by atoms with van der Waals surface area (Å²) in [6, 6.07) is 11.1. The Morgan fingerprint density at radius 1 is 1.04 bits per heavy atom. The molecule has 0 saturated heterocycles. The van der Waals surface area contributed by atoms with Crippen LogP contribution in [0.25, 0.3) is 6.15 Å². The number of rotatable bonds is 5. The molecule has 1 aliphatic carbocycles. The van der Waals surface area contributed by atoms with Crippen LogP contribution in [-0.4, -0.2) is 9.52 Å². The van der Waals surface area contributed by atoms with Gasteiger partial charge in [-0.15, -0.1) is 5.04 Å². The summed E-state index contributed by atoms with van der Waals surface area (Å²) in [5.74, 6) is 1.72. The summed E-state index contributed by atoms with van der Waals surface area (Å²) in [6.45, 7) is 12.0. The van der Waals surface area contributed by atoms with Crippen molar-refractivity contribution in [2.45, 2.75) is 52.5 Å². The van der Waals surface area contributed by atoms with Gasteiger partial charge in [0.2, 0.25) is 0 Å². The first-order valence-corrected chi connectivity index (χ1v) is 9.56. The zero-order valence-electron chi connectivity index (χ0n) is 16.1. The zero-order chi connectivity index (χ0) is 15.5. The zero-order valence-corrected chi connectivity index (χ0v) is 21.5. The maximum atomic E-state index is 2.51. The van der Waals surface area contributed by atoms with E-state index in [0.29, 0.717) is 0 Å². The molecular weight excluding hydrogens is 444 g/mol. The Balaban J connectivity index is -0.00000121. The van der Waals surface area contributed by atoms with E-state index in [1.54, 1.807) is 16.7 Å². The van der Waals surface area contributed by atoms with Crippen molar-refractivity contribution in [1.29, 1.82) is 0 Å². The van der Waals surface area contributed by atoms with Crippen LogP contribution in [0.1, 0.15) is 47.5 Å². The maximum absolute atomic E-state index is 2.51. The van der Waals surface area contributed by atoms with E-state index in [4.69, 9.17) is 0 Å². The monoisotopic (exact) mass is 473 g/mol. The van der Waals surface area contributed by atoms with Gasteiger partial charge in [0.25, 0.3) is 0 Å². The summed E-state index contributed by atoms with van der Waals surface area (Å²) in [6.07, 6.45) is 9.23. The summed E-state index contributed by atoms with van der Waals surface area (Å²) in [5.41, 5.74) is 1.90. The smallest absolute Gasteiger partial charge is 1.00 e. The Labute approximate surface area is 188 Å². The van der Waals surface area contributed by atoms with E-state index in [1.165, 1.54) is 6.42 Å². The van der Waals surface area contributed by atoms with Gasteiger partial charge in [0.05, 0.1) is 0 Å². The Morgan fingerprint density at radius 3 is 2.00 bits per heavy atom. The minimum absolute atomic E-state index is 0. The van der Waals surface area contributed by atoms with Gasteiger partial charge in [-0.3, -0.25) is 0 Å². The second-order valence-corrected chi connectivity index (χ2v) is 9.99. The van der Waals surface area contributed by atoms with E-state index in [2.05, 4.69) is 83.2 Å². The molecule has 0 aliphatic heterocycles. The van der Waals surface area contributed by atoms with Crippen molar-refractivity contribution in [1.82, 2.24) is 0 Å². The van der Waals surface area contributed by atoms with Crippen molar-refractivity contribution >= 4 is 14.7 Å². The number of nitrogens with two attached hydrogens (primary N) is 1. The summed E-state index contributed by atoms with van der Waals surface area (Å²) < 4.78 is 0. The van der Waals surface area contributed by atoms with Crippen LogP contribution in [0.3, 0.4) is 0 Å². The van der Waals surface area contributed by atoms with Gasteiger partial charge in [0, 0.05) is 9.52 Å². The number of hydrogen-bond donors (Lipinski definition) is 0. The molecule has 1 atom stereocenters. The first-order chi connectivity index (χ1) is 9.88. The molecule has 0 amide bonds. The van der Waals surface area contributed by atoms with Gasteiger partial charge < -0.3 is 36.9 Å². The maximum Gasteiger partial charge on any atom is 4.00 e. The Bertz CT molecular complexity index is 540. The quantitative estimate of drug-likeness (QED) is 0.399. The third-order valence-electron chi connectivity index (χ3n) is 4.81. The van der Waals surface area contributed by atoms with Crippen LogP contribution >= 0.6 is 0 Å². The molecular formula is C20H31Cl2NSiZr.